The molecular formula is C21H15ClN2O3. The number of methoxy groups -OCH3 is 1. The van der Waals surface area contributed by atoms with Gasteiger partial charge in [-0.2, -0.15) is 0 Å². The van der Waals surface area contributed by atoms with Crippen molar-refractivity contribution in [2.24, 2.45) is 4.99 Å². The number of hydrogen-bond acceptors (Lipinski definition) is 4. The number of hydrogen-bond donors (Lipinski definition) is 0. The molecule has 2 aromatic carbocycles. The maximum absolute atomic E-state index is 13.1. The molecule has 0 radical (unpaired) electrons. The Kier molecular flexibility index (Phi) is 4.52. The molecule has 5 nitrogen and oxygen atoms in total. The van der Waals surface area contributed by atoms with Gasteiger partial charge in [0.05, 0.1) is 19.1 Å². The number of anilines is 1. The van der Waals surface area contributed by atoms with Gasteiger partial charge < -0.3 is 9.15 Å². The lowest BCUT2D eigenvalue weighted by Gasteiger charge is -2.18. The van der Waals surface area contributed by atoms with Crippen LogP contribution in [-0.4, -0.2) is 18.9 Å². The zero-order valence-electron chi connectivity index (χ0n) is 14.4. The topological polar surface area (TPSA) is 55.0 Å². The Hall–Kier alpha value is -3.31. The minimum atomic E-state index is -0.237. The van der Waals surface area contributed by atoms with Crippen LogP contribution in [0.2, 0.25) is 5.02 Å². The van der Waals surface area contributed by atoms with Crippen LogP contribution >= 0.6 is 11.6 Å². The van der Waals surface area contributed by atoms with Crippen LogP contribution in [0.3, 0.4) is 0 Å². The molecule has 1 aromatic heterocycles. The van der Waals surface area contributed by atoms with Gasteiger partial charge in [-0.05, 0) is 60.7 Å². The van der Waals surface area contributed by atoms with Crippen molar-refractivity contribution in [1.82, 2.24) is 0 Å². The second-order valence-corrected chi connectivity index (χ2v) is 6.26. The fraction of sp³-hybridized carbons (Fsp3) is 0.0476. The smallest absolute Gasteiger partial charge is 0.282 e. The number of aliphatic imine (C=N–C) groups is 1. The highest BCUT2D eigenvalue weighted by molar-refractivity contribution is 6.33. The van der Waals surface area contributed by atoms with E-state index >= 15 is 0 Å². The largest absolute Gasteiger partial charge is 0.497 e. The zero-order chi connectivity index (χ0) is 18.8. The van der Waals surface area contributed by atoms with Crippen LogP contribution in [0.5, 0.6) is 5.75 Å². The van der Waals surface area contributed by atoms with Crippen LogP contribution in [-0.2, 0) is 4.79 Å². The molecule has 1 aliphatic heterocycles. The molecule has 0 N–H and O–H groups in total. The van der Waals surface area contributed by atoms with E-state index in [0.29, 0.717) is 28.0 Å². The third kappa shape index (κ3) is 3.37. The third-order valence-corrected chi connectivity index (χ3v) is 4.37. The Morgan fingerprint density at radius 1 is 1.07 bits per heavy atom. The molecule has 0 unspecified atom stereocenters. The van der Waals surface area contributed by atoms with Crippen LogP contribution in [0, 0.1) is 0 Å². The van der Waals surface area contributed by atoms with Gasteiger partial charge in [0.2, 0.25) is 0 Å². The van der Waals surface area contributed by atoms with E-state index < -0.39 is 0 Å². The van der Waals surface area contributed by atoms with E-state index in [2.05, 4.69) is 4.99 Å². The van der Waals surface area contributed by atoms with Crippen molar-refractivity contribution in [2.75, 3.05) is 12.0 Å². The lowest BCUT2D eigenvalue weighted by Crippen LogP contribution is -2.32. The summed E-state index contributed by atoms with van der Waals surface area (Å²) >= 11 is 5.99. The van der Waals surface area contributed by atoms with Gasteiger partial charge in [0.1, 0.15) is 23.0 Å². The molecule has 0 saturated carbocycles. The predicted molar refractivity (Wildman–Crippen MR) is 105 cm³/mol. The van der Waals surface area contributed by atoms with E-state index in [1.807, 2.05) is 24.3 Å². The number of halogens is 1. The van der Waals surface area contributed by atoms with Gasteiger partial charge in [-0.1, -0.05) is 11.6 Å². The average molecular weight is 379 g/mol. The monoisotopic (exact) mass is 378 g/mol. The molecule has 0 fully saturated rings. The molecule has 3 aromatic rings. The van der Waals surface area contributed by atoms with Gasteiger partial charge in [-0.15, -0.1) is 0 Å². The second kappa shape index (κ2) is 7.13. The van der Waals surface area contributed by atoms with Crippen LogP contribution in [0.4, 0.5) is 5.69 Å². The zero-order valence-corrected chi connectivity index (χ0v) is 15.2. The first kappa shape index (κ1) is 17.1. The molecule has 0 aliphatic carbocycles. The summed E-state index contributed by atoms with van der Waals surface area (Å²) in [6.07, 6.45) is 3.18. The van der Waals surface area contributed by atoms with Crippen molar-refractivity contribution in [2.45, 2.75) is 0 Å². The Morgan fingerprint density at radius 2 is 1.81 bits per heavy atom. The van der Waals surface area contributed by atoms with Crippen LogP contribution in [0.25, 0.3) is 6.08 Å². The van der Waals surface area contributed by atoms with E-state index in [0.717, 1.165) is 11.3 Å². The Balaban J connectivity index is 1.80. The quantitative estimate of drug-likeness (QED) is 0.614. The molecule has 0 atom stereocenters. The van der Waals surface area contributed by atoms with Crippen molar-refractivity contribution in [3.63, 3.8) is 0 Å². The lowest BCUT2D eigenvalue weighted by atomic mass is 10.1. The minimum absolute atomic E-state index is 0.237. The van der Waals surface area contributed by atoms with Gasteiger partial charge in [0.15, 0.2) is 0 Å². The number of amidine groups is 1. The molecule has 0 bridgehead atoms. The molecule has 2 heterocycles. The fourth-order valence-corrected chi connectivity index (χ4v) is 2.91. The summed E-state index contributed by atoms with van der Waals surface area (Å²) in [7, 11) is 1.61. The van der Waals surface area contributed by atoms with Crippen molar-refractivity contribution >= 4 is 35.1 Å². The normalized spacial score (nSPS) is 15.3. The second-order valence-electron chi connectivity index (χ2n) is 5.83. The molecule has 0 spiro atoms. The average Bonchev–Trinajstić information content (AvgIpc) is 3.32. The van der Waals surface area contributed by atoms with Gasteiger partial charge in [0.25, 0.3) is 5.91 Å². The third-order valence-electron chi connectivity index (χ3n) is 4.12. The number of carbonyl (C=O) groups excluding carboxylic acids is 1. The van der Waals surface area contributed by atoms with Crippen LogP contribution < -0.4 is 9.64 Å². The molecule has 1 aliphatic rings. The summed E-state index contributed by atoms with van der Waals surface area (Å²) in [5.74, 6) is 1.59. The number of carbonyl (C=O) groups is 1. The molecule has 27 heavy (non-hydrogen) atoms. The SMILES string of the molecule is COc1ccc(C2=N/C(=C/c3ccco3)C(=O)N2c2ccc(Cl)cc2)cc1. The molecule has 4 rings (SSSR count). The van der Waals surface area contributed by atoms with Crippen molar-refractivity contribution in [1.29, 1.82) is 0 Å². The maximum Gasteiger partial charge on any atom is 0.282 e. The van der Waals surface area contributed by atoms with E-state index in [1.165, 1.54) is 0 Å². The highest BCUT2D eigenvalue weighted by Crippen LogP contribution is 2.29. The molecule has 0 saturated heterocycles. The summed E-state index contributed by atoms with van der Waals surface area (Å²) in [5.41, 5.74) is 1.77. The van der Waals surface area contributed by atoms with E-state index in [1.54, 1.807) is 60.7 Å². The van der Waals surface area contributed by atoms with E-state index in [-0.39, 0.29) is 5.91 Å². The van der Waals surface area contributed by atoms with Gasteiger partial charge in [0, 0.05) is 16.7 Å². The lowest BCUT2D eigenvalue weighted by molar-refractivity contribution is -0.113. The first-order valence-corrected chi connectivity index (χ1v) is 8.62. The number of ether oxygens (including phenoxy) is 1. The van der Waals surface area contributed by atoms with E-state index in [9.17, 15) is 4.79 Å². The number of rotatable bonds is 4. The molecule has 1 amide bonds. The maximum atomic E-state index is 13.1. The van der Waals surface area contributed by atoms with Crippen LogP contribution in [0.1, 0.15) is 11.3 Å². The minimum Gasteiger partial charge on any atom is -0.497 e. The van der Waals surface area contributed by atoms with E-state index in [4.69, 9.17) is 20.8 Å². The summed E-state index contributed by atoms with van der Waals surface area (Å²) < 4.78 is 10.5. The molecule has 134 valence electrons. The Morgan fingerprint density at radius 3 is 2.44 bits per heavy atom. The summed E-state index contributed by atoms with van der Waals surface area (Å²) in [6, 6.07) is 18.0. The summed E-state index contributed by atoms with van der Waals surface area (Å²) in [6.45, 7) is 0. The summed E-state index contributed by atoms with van der Waals surface area (Å²) in [4.78, 5) is 19.2. The summed E-state index contributed by atoms with van der Waals surface area (Å²) in [5, 5.41) is 0.597. The van der Waals surface area contributed by atoms with Gasteiger partial charge in [-0.3, -0.25) is 9.69 Å². The Labute approximate surface area is 161 Å². The highest BCUT2D eigenvalue weighted by atomic mass is 35.5. The van der Waals surface area contributed by atoms with Crippen molar-refractivity contribution < 1.29 is 13.9 Å². The van der Waals surface area contributed by atoms with Crippen LogP contribution in [0.15, 0.2) is 82.0 Å². The Bertz CT molecular complexity index is 1020. The van der Waals surface area contributed by atoms with Crippen molar-refractivity contribution in [3.8, 4) is 5.75 Å². The van der Waals surface area contributed by atoms with Gasteiger partial charge in [-0.25, -0.2) is 4.99 Å². The molecule has 6 heteroatoms. The number of furan rings is 1. The predicted octanol–water partition coefficient (Wildman–Crippen LogP) is 4.78. The number of amides is 1. The number of nitrogens with zero attached hydrogens (tertiary/aromatic N) is 2. The fourth-order valence-electron chi connectivity index (χ4n) is 2.79. The number of benzene rings is 2. The van der Waals surface area contributed by atoms with Gasteiger partial charge >= 0.3 is 0 Å². The first-order chi connectivity index (χ1) is 13.2. The van der Waals surface area contributed by atoms with Crippen molar-refractivity contribution in [3.05, 3.63) is 89.0 Å². The molecular weight excluding hydrogens is 364 g/mol. The first-order valence-electron chi connectivity index (χ1n) is 8.24. The highest BCUT2D eigenvalue weighted by Gasteiger charge is 2.32. The standard InChI is InChI=1S/C21H15ClN2O3/c1-26-17-10-4-14(5-11-17)20-23-19(13-18-3-2-12-27-18)21(25)24(20)16-8-6-15(22)7-9-16/h2-13H,1H3/b19-13+.